The van der Waals surface area contributed by atoms with Gasteiger partial charge >= 0.3 is 0 Å². The van der Waals surface area contributed by atoms with Crippen LogP contribution in [0.5, 0.6) is 0 Å². The molecule has 1 atom stereocenters. The average molecular weight is 415 g/mol. The molecule has 0 spiro atoms. The van der Waals surface area contributed by atoms with Gasteiger partial charge in [0.1, 0.15) is 16.5 Å². The van der Waals surface area contributed by atoms with E-state index in [2.05, 4.69) is 29.7 Å². The molecule has 2 N–H and O–H groups in total. The summed E-state index contributed by atoms with van der Waals surface area (Å²) in [4.78, 5) is 29.7. The fraction of sp³-hybridized carbons (Fsp3) is 0.350. The molecule has 0 bridgehead atoms. The highest BCUT2D eigenvalue weighted by Crippen LogP contribution is 2.37. The third kappa shape index (κ3) is 3.82. The zero-order valence-electron chi connectivity index (χ0n) is 16.2. The van der Waals surface area contributed by atoms with E-state index in [4.69, 9.17) is 0 Å². The molecule has 1 aromatic heterocycles. The van der Waals surface area contributed by atoms with E-state index in [1.807, 2.05) is 16.3 Å². The van der Waals surface area contributed by atoms with E-state index >= 15 is 0 Å². The first-order valence-electron chi connectivity index (χ1n) is 9.49. The van der Waals surface area contributed by atoms with Gasteiger partial charge in [0.05, 0.1) is 5.69 Å². The summed E-state index contributed by atoms with van der Waals surface area (Å²) >= 11 is 1.41. The molecule has 0 saturated carbocycles. The lowest BCUT2D eigenvalue weighted by molar-refractivity contribution is -0.116. The fourth-order valence-electron chi connectivity index (χ4n) is 3.53. The summed E-state index contributed by atoms with van der Waals surface area (Å²) in [5.41, 5.74) is 4.29. The van der Waals surface area contributed by atoms with Crippen molar-refractivity contribution in [3.05, 3.63) is 46.4 Å². The highest BCUT2D eigenvalue weighted by atomic mass is 32.1. The Morgan fingerprint density at radius 2 is 2.21 bits per heavy atom. The number of amides is 2. The number of thiophene rings is 1. The first kappa shape index (κ1) is 19.4. The Morgan fingerprint density at radius 1 is 1.38 bits per heavy atom. The Morgan fingerprint density at radius 3 is 2.97 bits per heavy atom. The molecule has 0 aliphatic carbocycles. The van der Waals surface area contributed by atoms with E-state index in [1.54, 1.807) is 17.0 Å². The van der Waals surface area contributed by atoms with Crippen LogP contribution in [0, 0.1) is 11.7 Å². The van der Waals surface area contributed by atoms with E-state index in [0.29, 0.717) is 35.3 Å². The third-order valence-corrected chi connectivity index (χ3v) is 5.62. The number of nitrogens with one attached hydrogen (secondary N) is 2. The largest absolute Gasteiger partial charge is 0.326 e. The monoisotopic (exact) mass is 415 g/mol. The Bertz CT molecular complexity index is 973. The number of hydrogen-bond donors (Lipinski definition) is 2. The van der Waals surface area contributed by atoms with Crippen LogP contribution >= 0.6 is 11.3 Å². The van der Waals surface area contributed by atoms with Crippen molar-refractivity contribution in [2.24, 2.45) is 11.0 Å². The highest BCUT2D eigenvalue weighted by molar-refractivity contribution is 7.12. The van der Waals surface area contributed by atoms with Gasteiger partial charge in [0.2, 0.25) is 12.2 Å². The zero-order valence-corrected chi connectivity index (χ0v) is 17.0. The second-order valence-electron chi connectivity index (χ2n) is 7.45. The summed E-state index contributed by atoms with van der Waals surface area (Å²) in [6.45, 7) is 4.73. The normalized spacial score (nSPS) is 17.7. The molecule has 0 radical (unpaired) electrons. The van der Waals surface area contributed by atoms with Crippen molar-refractivity contribution < 1.29 is 14.0 Å². The van der Waals surface area contributed by atoms with Crippen LogP contribution in [0.4, 0.5) is 15.8 Å². The van der Waals surface area contributed by atoms with Crippen molar-refractivity contribution in [1.29, 1.82) is 0 Å². The summed E-state index contributed by atoms with van der Waals surface area (Å²) < 4.78 is 13.3. The van der Waals surface area contributed by atoms with Crippen LogP contribution in [-0.4, -0.2) is 35.4 Å². The van der Waals surface area contributed by atoms with Crippen LogP contribution in [0.2, 0.25) is 0 Å². The lowest BCUT2D eigenvalue weighted by atomic mass is 10.1. The highest BCUT2D eigenvalue weighted by Gasteiger charge is 2.43. The number of rotatable bonds is 6. The molecule has 2 aliphatic rings. The molecule has 2 aliphatic heterocycles. The summed E-state index contributed by atoms with van der Waals surface area (Å²) in [7, 11) is 0. The number of hydrazone groups is 1. The molecule has 29 heavy (non-hydrogen) atoms. The number of fused-ring (bicyclic) bond motifs is 3. The predicted molar refractivity (Wildman–Crippen MR) is 111 cm³/mol. The average Bonchev–Trinajstić information content (AvgIpc) is 3.30. The Balaban J connectivity index is 1.47. The van der Waals surface area contributed by atoms with Gasteiger partial charge in [0, 0.05) is 25.1 Å². The Hall–Kier alpha value is -2.94. The van der Waals surface area contributed by atoms with Crippen molar-refractivity contribution in [2.45, 2.75) is 33.0 Å². The third-order valence-electron chi connectivity index (χ3n) is 4.73. The minimum absolute atomic E-state index is 0.00209. The van der Waals surface area contributed by atoms with E-state index < -0.39 is 5.82 Å². The molecular weight excluding hydrogens is 393 g/mol. The number of hydrogen-bond acceptors (Lipinski definition) is 6. The lowest BCUT2D eigenvalue weighted by Crippen LogP contribution is -2.59. The molecule has 0 fully saturated rings. The molecule has 0 saturated heterocycles. The first-order valence-corrected chi connectivity index (χ1v) is 10.4. The maximum Gasteiger partial charge on any atom is 0.269 e. The molecule has 9 heteroatoms. The molecule has 1 aromatic carbocycles. The first-order chi connectivity index (χ1) is 13.9. The van der Waals surface area contributed by atoms with Crippen molar-refractivity contribution in [3.63, 3.8) is 0 Å². The Kier molecular flexibility index (Phi) is 5.23. The minimum atomic E-state index is -0.400. The van der Waals surface area contributed by atoms with Gasteiger partial charge < -0.3 is 5.32 Å². The van der Waals surface area contributed by atoms with Crippen LogP contribution in [0.15, 0.2) is 40.8 Å². The van der Waals surface area contributed by atoms with Crippen molar-refractivity contribution in [2.75, 3.05) is 16.8 Å². The smallest absolute Gasteiger partial charge is 0.269 e. The fourth-order valence-corrected chi connectivity index (χ4v) is 4.36. The summed E-state index contributed by atoms with van der Waals surface area (Å²) in [6.07, 6.45) is 0.204. The van der Waals surface area contributed by atoms with Gasteiger partial charge in [0.15, 0.2) is 0 Å². The minimum Gasteiger partial charge on any atom is -0.326 e. The number of halogens is 1. The number of carbonyl (C=O) groups is 2. The van der Waals surface area contributed by atoms with Crippen LogP contribution in [0.25, 0.3) is 0 Å². The molecular formula is C20H22FN5O2S. The van der Waals surface area contributed by atoms with Gasteiger partial charge in [-0.25, -0.2) is 4.39 Å². The zero-order chi connectivity index (χ0) is 20.5. The van der Waals surface area contributed by atoms with E-state index in [1.165, 1.54) is 23.5 Å². The number of benzene rings is 1. The molecule has 2 aromatic rings. The molecule has 7 nitrogen and oxygen atoms in total. The lowest BCUT2D eigenvalue weighted by Gasteiger charge is -2.40. The van der Waals surface area contributed by atoms with Crippen LogP contribution in [-0.2, 0) is 4.79 Å². The maximum atomic E-state index is 13.3. The standard InChI is InChI=1S/C20H22FN5O2S/c1-12(2)11-25-19(28)18-15(8-9-29-18)26-16(23-24-20(25)26)6-7-17(27)22-14-5-3-4-13(21)10-14/h3-5,8-10,12,20,24H,6-7,11H2,1-2H3,(H,22,27). The van der Waals surface area contributed by atoms with E-state index in [9.17, 15) is 14.0 Å². The number of anilines is 2. The van der Waals surface area contributed by atoms with E-state index in [-0.39, 0.29) is 24.5 Å². The van der Waals surface area contributed by atoms with Crippen molar-refractivity contribution in [1.82, 2.24) is 10.3 Å². The molecule has 152 valence electrons. The van der Waals surface area contributed by atoms with E-state index in [0.717, 1.165) is 5.69 Å². The number of nitrogens with zero attached hydrogens (tertiary/aromatic N) is 3. The number of amidine groups is 1. The van der Waals surface area contributed by atoms with Gasteiger partial charge in [-0.05, 0) is 35.6 Å². The summed E-state index contributed by atoms with van der Waals surface area (Å²) in [5.74, 6) is 0.385. The van der Waals surface area contributed by atoms with Crippen LogP contribution in [0.3, 0.4) is 0 Å². The molecule has 3 heterocycles. The van der Waals surface area contributed by atoms with Gasteiger partial charge in [-0.2, -0.15) is 5.10 Å². The maximum absolute atomic E-state index is 13.3. The molecule has 4 rings (SSSR count). The second kappa shape index (κ2) is 7.82. The number of carbonyl (C=O) groups excluding carboxylic acids is 2. The quantitative estimate of drug-likeness (QED) is 0.758. The van der Waals surface area contributed by atoms with Gasteiger partial charge in [-0.3, -0.25) is 24.8 Å². The van der Waals surface area contributed by atoms with Gasteiger partial charge in [-0.1, -0.05) is 19.9 Å². The molecule has 1 unspecified atom stereocenters. The second-order valence-corrected chi connectivity index (χ2v) is 8.36. The van der Waals surface area contributed by atoms with Gasteiger partial charge in [0.25, 0.3) is 5.91 Å². The SMILES string of the molecule is CC(C)CN1C(=O)c2sccc2N2C(CCC(=O)Nc3cccc(F)c3)=NNC12. The predicted octanol–water partition coefficient (Wildman–Crippen LogP) is 3.42. The van der Waals surface area contributed by atoms with Crippen molar-refractivity contribution in [3.8, 4) is 0 Å². The van der Waals surface area contributed by atoms with Crippen molar-refractivity contribution >= 4 is 40.4 Å². The molecule has 2 amide bonds. The summed E-state index contributed by atoms with van der Waals surface area (Å²) in [6, 6.07) is 7.71. The summed E-state index contributed by atoms with van der Waals surface area (Å²) in [5, 5.41) is 9.00. The van der Waals surface area contributed by atoms with Crippen LogP contribution < -0.4 is 15.6 Å². The van der Waals surface area contributed by atoms with Gasteiger partial charge in [-0.15, -0.1) is 11.3 Å². The topological polar surface area (TPSA) is 77.0 Å². The van der Waals surface area contributed by atoms with Crippen LogP contribution in [0.1, 0.15) is 36.4 Å². The Labute approximate surface area is 172 Å².